The molecule has 2 aromatic heterocycles. The van der Waals surface area contributed by atoms with E-state index in [2.05, 4.69) is 71.5 Å². The summed E-state index contributed by atoms with van der Waals surface area (Å²) in [6, 6.07) is 41.3. The molecule has 5 rings (SSSR count). The van der Waals surface area contributed by atoms with Gasteiger partial charge in [-0.3, -0.25) is 0 Å². The van der Waals surface area contributed by atoms with E-state index in [4.69, 9.17) is 0 Å². The second-order valence-corrected chi connectivity index (χ2v) is 6.93. The standard InChI is InChI=1S/C18H14N.C11H7N.Ir/c1-14-7-5-6-10-17(14)16-11-12-19-18(13-16)15-8-3-2-4-9-15;1-2-6-10(7-3-1)11-8-4-5-9-12-11;/h2-8,10-13H,1H3;1-6,9H;/q-1;-2;+3. The third-order valence-electron chi connectivity index (χ3n) is 4.77. The predicted octanol–water partition coefficient (Wildman–Crippen LogP) is 6.87. The van der Waals surface area contributed by atoms with Crippen LogP contribution in [0.5, 0.6) is 0 Å². The van der Waals surface area contributed by atoms with Crippen LogP contribution < -0.4 is 0 Å². The molecule has 0 fully saturated rings. The molecular formula is C29H21IrN2. The normalized spacial score (nSPS) is 9.78. The number of hydrogen-bond donors (Lipinski definition) is 0. The molecule has 0 radical (unpaired) electrons. The molecule has 0 spiro atoms. The summed E-state index contributed by atoms with van der Waals surface area (Å²) in [6.07, 6.45) is 3.62. The Balaban J connectivity index is 0.000000193. The molecule has 0 amide bonds. The van der Waals surface area contributed by atoms with Crippen LogP contribution in [-0.2, 0) is 20.1 Å². The average molecular weight is 590 g/mol. The van der Waals surface area contributed by atoms with Crippen LogP contribution in [0, 0.1) is 25.1 Å². The molecule has 2 nitrogen and oxygen atoms in total. The number of benzene rings is 3. The first-order chi connectivity index (χ1) is 15.3. The number of hydrogen-bond acceptors (Lipinski definition) is 2. The minimum Gasteiger partial charge on any atom is -0.344 e. The van der Waals surface area contributed by atoms with Gasteiger partial charge in [-0.2, -0.15) is 24.3 Å². The summed E-state index contributed by atoms with van der Waals surface area (Å²) in [5.41, 5.74) is 7.54. The molecular weight excluding hydrogens is 569 g/mol. The minimum absolute atomic E-state index is 0. The Morgan fingerprint density at radius 3 is 1.97 bits per heavy atom. The Morgan fingerprint density at radius 2 is 1.31 bits per heavy atom. The maximum absolute atomic E-state index is 4.43. The van der Waals surface area contributed by atoms with E-state index in [0.29, 0.717) is 0 Å². The summed E-state index contributed by atoms with van der Waals surface area (Å²) < 4.78 is 0. The first-order valence-corrected chi connectivity index (χ1v) is 10.1. The summed E-state index contributed by atoms with van der Waals surface area (Å²) in [5.74, 6) is 0. The van der Waals surface area contributed by atoms with Crippen LogP contribution in [0.1, 0.15) is 5.56 Å². The van der Waals surface area contributed by atoms with Gasteiger partial charge in [-0.1, -0.05) is 30.3 Å². The van der Waals surface area contributed by atoms with Crippen molar-refractivity contribution < 1.29 is 20.1 Å². The number of aryl methyl sites for hydroxylation is 1. The zero-order valence-electron chi connectivity index (χ0n) is 17.6. The molecule has 0 unspecified atom stereocenters. The van der Waals surface area contributed by atoms with Crippen molar-refractivity contribution in [2.75, 3.05) is 0 Å². The summed E-state index contributed by atoms with van der Waals surface area (Å²) in [6.45, 7) is 2.13. The fourth-order valence-corrected chi connectivity index (χ4v) is 3.21. The van der Waals surface area contributed by atoms with Crippen molar-refractivity contribution in [3.05, 3.63) is 133 Å². The van der Waals surface area contributed by atoms with Crippen LogP contribution >= 0.6 is 0 Å². The molecule has 0 saturated heterocycles. The van der Waals surface area contributed by atoms with E-state index in [-0.39, 0.29) is 20.1 Å². The van der Waals surface area contributed by atoms with Crippen LogP contribution in [0.15, 0.2) is 109 Å². The quantitative estimate of drug-likeness (QED) is 0.215. The van der Waals surface area contributed by atoms with E-state index in [1.807, 2.05) is 66.9 Å². The smallest absolute Gasteiger partial charge is 0.344 e. The summed E-state index contributed by atoms with van der Waals surface area (Å²) in [4.78, 5) is 8.60. The van der Waals surface area contributed by atoms with Crippen molar-refractivity contribution in [3.63, 3.8) is 0 Å². The monoisotopic (exact) mass is 590 g/mol. The maximum atomic E-state index is 4.43. The van der Waals surface area contributed by atoms with Crippen LogP contribution in [0.3, 0.4) is 0 Å². The molecule has 3 heteroatoms. The Kier molecular flexibility index (Phi) is 8.62. The van der Waals surface area contributed by atoms with E-state index in [1.54, 1.807) is 6.20 Å². The van der Waals surface area contributed by atoms with E-state index in [0.717, 1.165) is 22.5 Å². The van der Waals surface area contributed by atoms with Crippen LogP contribution in [0.4, 0.5) is 0 Å². The Bertz CT molecular complexity index is 1190. The van der Waals surface area contributed by atoms with Gasteiger partial charge in [0.05, 0.1) is 0 Å². The first kappa shape index (κ1) is 23.3. The molecule has 0 aliphatic carbocycles. The van der Waals surface area contributed by atoms with Crippen LogP contribution in [-0.4, -0.2) is 9.97 Å². The van der Waals surface area contributed by atoms with Crippen molar-refractivity contribution in [1.82, 2.24) is 9.97 Å². The summed E-state index contributed by atoms with van der Waals surface area (Å²) in [7, 11) is 0. The second kappa shape index (κ2) is 11.9. The van der Waals surface area contributed by atoms with Gasteiger partial charge in [0.2, 0.25) is 0 Å². The molecule has 0 saturated carbocycles. The van der Waals surface area contributed by atoms with Crippen LogP contribution in [0.25, 0.3) is 33.6 Å². The predicted molar refractivity (Wildman–Crippen MR) is 126 cm³/mol. The number of rotatable bonds is 3. The van der Waals surface area contributed by atoms with Crippen molar-refractivity contribution in [2.45, 2.75) is 6.92 Å². The minimum atomic E-state index is 0. The molecule has 2 heterocycles. The van der Waals surface area contributed by atoms with Gasteiger partial charge in [0.15, 0.2) is 0 Å². The summed E-state index contributed by atoms with van der Waals surface area (Å²) in [5, 5.41) is 0. The maximum Gasteiger partial charge on any atom is 3.00 e. The molecule has 3 aromatic carbocycles. The third-order valence-corrected chi connectivity index (χ3v) is 4.77. The number of pyridine rings is 2. The van der Waals surface area contributed by atoms with Gasteiger partial charge in [-0.05, 0) is 41.6 Å². The van der Waals surface area contributed by atoms with Gasteiger partial charge in [-0.25, -0.2) is 17.7 Å². The molecule has 32 heavy (non-hydrogen) atoms. The largest absolute Gasteiger partial charge is 3.00 e. The second-order valence-electron chi connectivity index (χ2n) is 6.93. The van der Waals surface area contributed by atoms with Gasteiger partial charge in [0.25, 0.3) is 0 Å². The van der Waals surface area contributed by atoms with E-state index >= 15 is 0 Å². The topological polar surface area (TPSA) is 25.8 Å². The summed E-state index contributed by atoms with van der Waals surface area (Å²) >= 11 is 0. The van der Waals surface area contributed by atoms with Crippen molar-refractivity contribution in [2.24, 2.45) is 0 Å². The zero-order valence-corrected chi connectivity index (χ0v) is 20.0. The fourth-order valence-electron chi connectivity index (χ4n) is 3.21. The Hall–Kier alpha value is -3.39. The Labute approximate surface area is 203 Å². The molecule has 0 aliphatic rings. The fraction of sp³-hybridized carbons (Fsp3) is 0.0345. The third kappa shape index (κ3) is 6.07. The van der Waals surface area contributed by atoms with Gasteiger partial charge in [0.1, 0.15) is 0 Å². The van der Waals surface area contributed by atoms with Gasteiger partial charge < -0.3 is 9.97 Å². The first-order valence-electron chi connectivity index (χ1n) is 10.1. The number of aromatic nitrogens is 2. The van der Waals surface area contributed by atoms with E-state index < -0.39 is 0 Å². The van der Waals surface area contributed by atoms with Crippen molar-refractivity contribution >= 4 is 0 Å². The molecule has 0 atom stereocenters. The van der Waals surface area contributed by atoms with E-state index in [9.17, 15) is 0 Å². The van der Waals surface area contributed by atoms with Crippen LogP contribution in [0.2, 0.25) is 0 Å². The molecule has 156 valence electrons. The zero-order chi connectivity index (χ0) is 21.3. The van der Waals surface area contributed by atoms with Crippen molar-refractivity contribution in [3.8, 4) is 33.6 Å². The Morgan fingerprint density at radius 1 is 0.625 bits per heavy atom. The average Bonchev–Trinajstić information content (AvgIpc) is 2.86. The van der Waals surface area contributed by atoms with E-state index in [1.165, 1.54) is 16.7 Å². The molecule has 0 bridgehead atoms. The van der Waals surface area contributed by atoms with Crippen molar-refractivity contribution in [1.29, 1.82) is 0 Å². The molecule has 0 aliphatic heterocycles. The molecule has 0 N–H and O–H groups in total. The van der Waals surface area contributed by atoms with Gasteiger partial charge in [0, 0.05) is 6.20 Å². The SMILES string of the molecule is Cc1ccccc1-c1ccnc(-c2[c-]cccc2)c1.[Ir+3].[c-]1ccccc1-c1[c-]cccn1. The molecule has 5 aromatic rings. The van der Waals surface area contributed by atoms with Gasteiger partial charge >= 0.3 is 20.1 Å². The number of nitrogens with zero attached hydrogens (tertiary/aromatic N) is 2. The van der Waals surface area contributed by atoms with Gasteiger partial charge in [-0.15, -0.1) is 53.7 Å².